The number of hydrogen-bond acceptors (Lipinski definition) is 3. The maximum atomic E-state index is 8.61. The molecule has 2 aromatic rings. The minimum absolute atomic E-state index is 0.403. The average molecular weight is 202 g/mol. The van der Waals surface area contributed by atoms with Gasteiger partial charge in [-0.15, -0.1) is 0 Å². The monoisotopic (exact) mass is 202 g/mol. The molecule has 0 fully saturated rings. The van der Waals surface area contributed by atoms with Gasteiger partial charge in [0.15, 0.2) is 11.3 Å². The van der Waals surface area contributed by atoms with Gasteiger partial charge in [0.1, 0.15) is 6.07 Å². The molecule has 0 amide bonds. The second-order valence-electron chi connectivity index (χ2n) is 2.72. The topological polar surface area (TPSA) is 54.0 Å². The number of rotatable bonds is 1. The molecule has 4 heteroatoms. The molecule has 0 spiro atoms. The van der Waals surface area contributed by atoms with Crippen LogP contribution in [0, 0.1) is 11.3 Å². The molecule has 4 nitrogen and oxygen atoms in total. The van der Waals surface area contributed by atoms with Crippen LogP contribution in [-0.4, -0.2) is 14.6 Å². The fourth-order valence-electron chi connectivity index (χ4n) is 1.16. The number of fused-ring (bicyclic) bond motifs is 1. The summed E-state index contributed by atoms with van der Waals surface area (Å²) < 4.78 is 1.64. The highest BCUT2D eigenvalue weighted by molar-refractivity contribution is 5.41. The molecular formula is C11H14N4. The van der Waals surface area contributed by atoms with Crippen LogP contribution in [0.4, 0.5) is 0 Å². The summed E-state index contributed by atoms with van der Waals surface area (Å²) in [6.07, 6.45) is 2.52. The normalized spacial score (nSPS) is 9.20. The van der Waals surface area contributed by atoms with E-state index in [2.05, 4.69) is 10.1 Å². The molecule has 0 N–H and O–H groups in total. The van der Waals surface area contributed by atoms with E-state index in [9.17, 15) is 0 Å². The molecule has 2 heterocycles. The van der Waals surface area contributed by atoms with Crippen LogP contribution in [0.3, 0.4) is 0 Å². The molecule has 0 aliphatic rings. The van der Waals surface area contributed by atoms with Gasteiger partial charge in [0, 0.05) is 0 Å². The van der Waals surface area contributed by atoms with Gasteiger partial charge in [0.2, 0.25) is 0 Å². The molecule has 0 saturated heterocycles. The van der Waals surface area contributed by atoms with Gasteiger partial charge in [-0.2, -0.15) is 10.4 Å². The van der Waals surface area contributed by atoms with E-state index in [-0.39, 0.29) is 0 Å². The van der Waals surface area contributed by atoms with E-state index < -0.39 is 0 Å². The molecule has 0 aromatic carbocycles. The van der Waals surface area contributed by atoms with Crippen molar-refractivity contribution in [3.05, 3.63) is 29.7 Å². The highest BCUT2D eigenvalue weighted by Gasteiger charge is 2.01. The van der Waals surface area contributed by atoms with E-state index in [1.807, 2.05) is 39.0 Å². The van der Waals surface area contributed by atoms with E-state index in [4.69, 9.17) is 5.26 Å². The van der Waals surface area contributed by atoms with Crippen LogP contribution in [0.1, 0.15) is 32.2 Å². The Kier molecular flexibility index (Phi) is 3.81. The third kappa shape index (κ3) is 2.32. The Labute approximate surface area is 89.2 Å². The fraction of sp³-hybridized carbons (Fsp3) is 0.364. The molecule has 0 saturated carbocycles. The molecule has 0 unspecified atom stereocenters. The van der Waals surface area contributed by atoms with Gasteiger partial charge in [0.05, 0.1) is 11.9 Å². The Morgan fingerprint density at radius 2 is 2.13 bits per heavy atom. The third-order valence-corrected chi connectivity index (χ3v) is 1.85. The van der Waals surface area contributed by atoms with E-state index in [0.717, 1.165) is 12.1 Å². The van der Waals surface area contributed by atoms with Gasteiger partial charge in [-0.1, -0.05) is 20.8 Å². The number of imidazole rings is 1. The largest absolute Gasteiger partial charge is 0.219 e. The first-order valence-electron chi connectivity index (χ1n) is 5.09. The van der Waals surface area contributed by atoms with E-state index in [1.165, 1.54) is 0 Å². The second-order valence-corrected chi connectivity index (χ2v) is 2.72. The van der Waals surface area contributed by atoms with Crippen LogP contribution < -0.4 is 0 Å². The molecule has 0 aliphatic heterocycles. The molecular weight excluding hydrogens is 188 g/mol. The zero-order valence-corrected chi connectivity index (χ0v) is 9.23. The Morgan fingerprint density at radius 3 is 2.73 bits per heavy atom. The van der Waals surface area contributed by atoms with Crippen molar-refractivity contribution in [3.63, 3.8) is 0 Å². The minimum atomic E-state index is 0.403. The van der Waals surface area contributed by atoms with Crippen LogP contribution in [0.2, 0.25) is 0 Å². The van der Waals surface area contributed by atoms with Crippen molar-refractivity contribution in [1.82, 2.24) is 14.6 Å². The number of aromatic nitrogens is 3. The molecule has 0 bridgehead atoms. The molecule has 0 radical (unpaired) electrons. The standard InChI is InChI=1S/C9H8N4.C2H6/c1-2-7-3-4-9-11-8(5-10)6-13(9)12-7;1-2/h3-4,6H,2H2,1H3;1-2H3. The summed E-state index contributed by atoms with van der Waals surface area (Å²) in [4.78, 5) is 4.05. The third-order valence-electron chi connectivity index (χ3n) is 1.85. The lowest BCUT2D eigenvalue weighted by Crippen LogP contribution is -1.94. The highest BCUT2D eigenvalue weighted by atomic mass is 15.2. The molecule has 0 atom stereocenters. The van der Waals surface area contributed by atoms with Crippen LogP contribution in [0.5, 0.6) is 0 Å². The van der Waals surface area contributed by atoms with Crippen LogP contribution >= 0.6 is 0 Å². The summed E-state index contributed by atoms with van der Waals surface area (Å²) in [5.41, 5.74) is 2.11. The van der Waals surface area contributed by atoms with Crippen molar-refractivity contribution in [1.29, 1.82) is 5.26 Å². The summed E-state index contributed by atoms with van der Waals surface area (Å²) in [7, 11) is 0. The quantitative estimate of drug-likeness (QED) is 0.712. The summed E-state index contributed by atoms with van der Waals surface area (Å²) >= 11 is 0. The van der Waals surface area contributed by atoms with Crippen LogP contribution in [-0.2, 0) is 6.42 Å². The Hall–Kier alpha value is -1.89. The van der Waals surface area contributed by atoms with Crippen molar-refractivity contribution >= 4 is 5.65 Å². The van der Waals surface area contributed by atoms with Crippen molar-refractivity contribution in [2.75, 3.05) is 0 Å². The molecule has 15 heavy (non-hydrogen) atoms. The number of hydrogen-bond donors (Lipinski definition) is 0. The van der Waals surface area contributed by atoms with Crippen molar-refractivity contribution in [2.45, 2.75) is 27.2 Å². The Balaban J connectivity index is 0.000000531. The Morgan fingerprint density at radius 1 is 1.40 bits per heavy atom. The zero-order chi connectivity index (χ0) is 11.3. The smallest absolute Gasteiger partial charge is 0.161 e. The molecule has 2 rings (SSSR count). The van der Waals surface area contributed by atoms with Crippen molar-refractivity contribution < 1.29 is 0 Å². The van der Waals surface area contributed by atoms with E-state index in [1.54, 1.807) is 10.7 Å². The fourth-order valence-corrected chi connectivity index (χ4v) is 1.16. The average Bonchev–Trinajstić information content (AvgIpc) is 2.73. The number of nitrogens with zero attached hydrogens (tertiary/aromatic N) is 4. The van der Waals surface area contributed by atoms with E-state index >= 15 is 0 Å². The Bertz CT molecular complexity index is 479. The number of aryl methyl sites for hydroxylation is 1. The first-order valence-corrected chi connectivity index (χ1v) is 5.09. The first kappa shape index (κ1) is 11.2. The van der Waals surface area contributed by atoms with Gasteiger partial charge in [-0.3, -0.25) is 0 Å². The van der Waals surface area contributed by atoms with Crippen LogP contribution in [0.25, 0.3) is 5.65 Å². The van der Waals surface area contributed by atoms with Gasteiger partial charge < -0.3 is 0 Å². The maximum Gasteiger partial charge on any atom is 0.161 e. The number of nitriles is 1. The second kappa shape index (κ2) is 5.11. The van der Waals surface area contributed by atoms with E-state index in [0.29, 0.717) is 11.3 Å². The predicted octanol–water partition coefficient (Wildman–Crippen LogP) is 2.19. The maximum absolute atomic E-state index is 8.61. The summed E-state index contributed by atoms with van der Waals surface area (Å²) in [6, 6.07) is 5.77. The summed E-state index contributed by atoms with van der Waals surface area (Å²) in [5, 5.41) is 12.9. The van der Waals surface area contributed by atoms with Gasteiger partial charge in [-0.25, -0.2) is 9.50 Å². The predicted molar refractivity (Wildman–Crippen MR) is 58.4 cm³/mol. The lowest BCUT2D eigenvalue weighted by atomic mass is 10.3. The highest BCUT2D eigenvalue weighted by Crippen LogP contribution is 2.03. The summed E-state index contributed by atoms with van der Waals surface area (Å²) in [6.45, 7) is 6.04. The first-order chi connectivity index (χ1) is 7.33. The zero-order valence-electron chi connectivity index (χ0n) is 9.23. The molecule has 0 aliphatic carbocycles. The SMILES string of the molecule is CC.CCc1ccc2nc(C#N)cn2n1. The summed E-state index contributed by atoms with van der Waals surface area (Å²) in [5.74, 6) is 0. The lowest BCUT2D eigenvalue weighted by Gasteiger charge is -1.95. The van der Waals surface area contributed by atoms with Gasteiger partial charge in [-0.05, 0) is 18.6 Å². The van der Waals surface area contributed by atoms with Crippen LogP contribution in [0.15, 0.2) is 18.3 Å². The van der Waals surface area contributed by atoms with Gasteiger partial charge in [0.25, 0.3) is 0 Å². The van der Waals surface area contributed by atoms with Crippen molar-refractivity contribution in [3.8, 4) is 6.07 Å². The minimum Gasteiger partial charge on any atom is -0.219 e. The van der Waals surface area contributed by atoms with Gasteiger partial charge >= 0.3 is 0 Å². The molecule has 2 aromatic heterocycles. The van der Waals surface area contributed by atoms with Crippen molar-refractivity contribution in [2.24, 2.45) is 0 Å². The lowest BCUT2D eigenvalue weighted by molar-refractivity contribution is 0.862. The molecule has 78 valence electrons.